The maximum Gasteiger partial charge on any atom is 0.271 e. The van der Waals surface area contributed by atoms with Crippen LogP contribution >= 0.6 is 15.9 Å². The minimum atomic E-state index is -0.0786. The van der Waals surface area contributed by atoms with Crippen LogP contribution in [-0.2, 0) is 0 Å². The van der Waals surface area contributed by atoms with Crippen LogP contribution in [0.3, 0.4) is 0 Å². The molecule has 0 saturated heterocycles. The molecule has 0 aliphatic heterocycles. The van der Waals surface area contributed by atoms with Gasteiger partial charge < -0.3 is 5.32 Å². The van der Waals surface area contributed by atoms with Crippen molar-refractivity contribution in [3.63, 3.8) is 0 Å². The van der Waals surface area contributed by atoms with Gasteiger partial charge in [-0.3, -0.25) is 4.79 Å². The molecule has 1 saturated carbocycles. The van der Waals surface area contributed by atoms with E-state index in [2.05, 4.69) is 33.2 Å². The third-order valence-corrected chi connectivity index (χ3v) is 4.71. The van der Waals surface area contributed by atoms with Gasteiger partial charge in [-0.1, -0.05) is 26.2 Å². The third-order valence-electron chi connectivity index (χ3n) is 4.07. The second-order valence-corrected chi connectivity index (χ2v) is 6.19. The molecule has 0 aromatic carbocycles. The predicted molar refractivity (Wildman–Crippen MR) is 80.0 cm³/mol. The number of halogens is 1. The zero-order valence-electron chi connectivity index (χ0n) is 11.4. The van der Waals surface area contributed by atoms with E-state index in [1.807, 2.05) is 12.1 Å². The molecule has 19 heavy (non-hydrogen) atoms. The van der Waals surface area contributed by atoms with Crippen LogP contribution in [0, 0.1) is 11.8 Å². The highest BCUT2D eigenvalue weighted by molar-refractivity contribution is 9.10. The number of carbonyl (C=O) groups excluding carboxylic acids is 1. The van der Waals surface area contributed by atoms with Crippen LogP contribution in [0.2, 0.25) is 0 Å². The Bertz CT molecular complexity index is 428. The SMILES string of the molecule is CCC1CCC(CNC(=O)c2ncccc2Br)CC1. The van der Waals surface area contributed by atoms with Gasteiger partial charge in [0, 0.05) is 17.2 Å². The molecule has 1 amide bonds. The summed E-state index contributed by atoms with van der Waals surface area (Å²) in [4.78, 5) is 16.1. The Kier molecular flexibility index (Phi) is 5.37. The summed E-state index contributed by atoms with van der Waals surface area (Å²) in [6.45, 7) is 3.05. The fourth-order valence-corrected chi connectivity index (χ4v) is 3.15. The van der Waals surface area contributed by atoms with Crippen molar-refractivity contribution in [1.82, 2.24) is 10.3 Å². The van der Waals surface area contributed by atoms with Gasteiger partial charge in [-0.2, -0.15) is 0 Å². The smallest absolute Gasteiger partial charge is 0.271 e. The zero-order chi connectivity index (χ0) is 13.7. The Morgan fingerprint density at radius 1 is 1.37 bits per heavy atom. The van der Waals surface area contributed by atoms with Crippen molar-refractivity contribution in [2.24, 2.45) is 11.8 Å². The van der Waals surface area contributed by atoms with Crippen LogP contribution in [0.15, 0.2) is 22.8 Å². The standard InChI is InChI=1S/C15H21BrN2O/c1-2-11-5-7-12(8-6-11)10-18-15(19)14-13(16)4-3-9-17-14/h3-4,9,11-12H,2,5-8,10H2,1H3,(H,18,19). The van der Waals surface area contributed by atoms with Crippen molar-refractivity contribution in [1.29, 1.82) is 0 Å². The van der Waals surface area contributed by atoms with Crippen LogP contribution < -0.4 is 5.32 Å². The molecule has 1 aliphatic rings. The van der Waals surface area contributed by atoms with Crippen molar-refractivity contribution in [3.8, 4) is 0 Å². The lowest BCUT2D eigenvalue weighted by Crippen LogP contribution is -2.32. The summed E-state index contributed by atoms with van der Waals surface area (Å²) in [5.41, 5.74) is 0.477. The maximum absolute atomic E-state index is 12.0. The number of rotatable bonds is 4. The second kappa shape index (κ2) is 7.04. The molecule has 4 heteroatoms. The lowest BCUT2D eigenvalue weighted by Gasteiger charge is -2.27. The van der Waals surface area contributed by atoms with Gasteiger partial charge in [0.2, 0.25) is 0 Å². The summed E-state index contributed by atoms with van der Waals surface area (Å²) in [7, 11) is 0. The van der Waals surface area contributed by atoms with Crippen molar-refractivity contribution in [2.75, 3.05) is 6.54 Å². The van der Waals surface area contributed by atoms with Gasteiger partial charge in [-0.05, 0) is 52.7 Å². The molecule has 104 valence electrons. The monoisotopic (exact) mass is 324 g/mol. The molecule has 0 bridgehead atoms. The summed E-state index contributed by atoms with van der Waals surface area (Å²) in [5.74, 6) is 1.45. The van der Waals surface area contributed by atoms with Gasteiger partial charge in [-0.15, -0.1) is 0 Å². The third kappa shape index (κ3) is 4.03. The van der Waals surface area contributed by atoms with E-state index in [0.717, 1.165) is 16.9 Å². The van der Waals surface area contributed by atoms with E-state index in [1.165, 1.54) is 32.1 Å². The first-order chi connectivity index (χ1) is 9.20. The summed E-state index contributed by atoms with van der Waals surface area (Å²) in [5, 5.41) is 3.01. The van der Waals surface area contributed by atoms with E-state index in [1.54, 1.807) is 6.20 Å². The minimum absolute atomic E-state index is 0.0786. The fourth-order valence-electron chi connectivity index (χ4n) is 2.72. The Hall–Kier alpha value is -0.900. The number of carbonyl (C=O) groups is 1. The number of amides is 1. The van der Waals surface area contributed by atoms with E-state index >= 15 is 0 Å². The Morgan fingerprint density at radius 2 is 2.05 bits per heavy atom. The van der Waals surface area contributed by atoms with Crippen molar-refractivity contribution >= 4 is 21.8 Å². The van der Waals surface area contributed by atoms with E-state index in [0.29, 0.717) is 11.6 Å². The van der Waals surface area contributed by atoms with Gasteiger partial charge in [0.15, 0.2) is 0 Å². The topological polar surface area (TPSA) is 42.0 Å². The quantitative estimate of drug-likeness (QED) is 0.915. The predicted octanol–water partition coefficient (Wildman–Crippen LogP) is 3.79. The van der Waals surface area contributed by atoms with E-state index in [9.17, 15) is 4.79 Å². The van der Waals surface area contributed by atoms with Crippen LogP contribution in [0.5, 0.6) is 0 Å². The van der Waals surface area contributed by atoms with E-state index < -0.39 is 0 Å². The number of nitrogens with one attached hydrogen (secondary N) is 1. The first-order valence-corrected chi connectivity index (χ1v) is 7.88. The second-order valence-electron chi connectivity index (χ2n) is 5.34. The Morgan fingerprint density at radius 3 is 2.68 bits per heavy atom. The average molecular weight is 325 g/mol. The number of pyridine rings is 1. The molecule has 1 fully saturated rings. The van der Waals surface area contributed by atoms with Crippen molar-refractivity contribution in [3.05, 3.63) is 28.5 Å². The van der Waals surface area contributed by atoms with E-state index in [4.69, 9.17) is 0 Å². The molecule has 1 aliphatic carbocycles. The molecule has 2 rings (SSSR count). The number of aromatic nitrogens is 1. The number of hydrogen-bond donors (Lipinski definition) is 1. The molecule has 0 spiro atoms. The van der Waals surface area contributed by atoms with Crippen molar-refractivity contribution in [2.45, 2.75) is 39.0 Å². The maximum atomic E-state index is 12.0. The zero-order valence-corrected chi connectivity index (χ0v) is 12.9. The molecule has 0 radical (unpaired) electrons. The molecule has 1 aromatic rings. The molecule has 0 atom stereocenters. The molecule has 1 heterocycles. The highest BCUT2D eigenvalue weighted by Gasteiger charge is 2.21. The summed E-state index contributed by atoms with van der Waals surface area (Å²) in [6, 6.07) is 3.65. The minimum Gasteiger partial charge on any atom is -0.350 e. The van der Waals surface area contributed by atoms with Crippen LogP contribution in [-0.4, -0.2) is 17.4 Å². The van der Waals surface area contributed by atoms with Gasteiger partial charge in [0.05, 0.1) is 0 Å². The summed E-state index contributed by atoms with van der Waals surface area (Å²) in [6.07, 6.45) is 8.03. The fraction of sp³-hybridized carbons (Fsp3) is 0.600. The largest absolute Gasteiger partial charge is 0.350 e. The highest BCUT2D eigenvalue weighted by atomic mass is 79.9. The highest BCUT2D eigenvalue weighted by Crippen LogP contribution is 2.30. The summed E-state index contributed by atoms with van der Waals surface area (Å²) >= 11 is 3.36. The van der Waals surface area contributed by atoms with Gasteiger partial charge in [0.25, 0.3) is 5.91 Å². The van der Waals surface area contributed by atoms with Gasteiger partial charge >= 0.3 is 0 Å². The molecule has 3 nitrogen and oxygen atoms in total. The van der Waals surface area contributed by atoms with Crippen LogP contribution in [0.4, 0.5) is 0 Å². The lowest BCUT2D eigenvalue weighted by molar-refractivity contribution is 0.0935. The number of hydrogen-bond acceptors (Lipinski definition) is 2. The van der Waals surface area contributed by atoms with Crippen molar-refractivity contribution < 1.29 is 4.79 Å². The normalized spacial score (nSPS) is 23.1. The molecule has 1 aromatic heterocycles. The molecule has 1 N–H and O–H groups in total. The lowest BCUT2D eigenvalue weighted by atomic mass is 9.81. The van der Waals surface area contributed by atoms with E-state index in [-0.39, 0.29) is 5.91 Å². The van der Waals surface area contributed by atoms with Crippen LogP contribution in [0.25, 0.3) is 0 Å². The van der Waals surface area contributed by atoms with Gasteiger partial charge in [-0.25, -0.2) is 4.98 Å². The Balaban J connectivity index is 1.80. The van der Waals surface area contributed by atoms with Gasteiger partial charge in [0.1, 0.15) is 5.69 Å². The molecule has 0 unspecified atom stereocenters. The Labute approximate surface area is 123 Å². The molecular formula is C15H21BrN2O. The average Bonchev–Trinajstić information content (AvgIpc) is 2.46. The molecular weight excluding hydrogens is 304 g/mol. The number of nitrogens with zero attached hydrogens (tertiary/aromatic N) is 1. The first-order valence-electron chi connectivity index (χ1n) is 7.09. The van der Waals surface area contributed by atoms with Crippen LogP contribution in [0.1, 0.15) is 49.5 Å². The first kappa shape index (κ1) is 14.5. The summed E-state index contributed by atoms with van der Waals surface area (Å²) < 4.78 is 0.752.